The molecule has 0 bridgehead atoms. The van der Waals surface area contributed by atoms with Gasteiger partial charge in [-0.2, -0.15) is 13.2 Å². The Kier molecular flexibility index (Phi) is 3.07. The van der Waals surface area contributed by atoms with Crippen molar-refractivity contribution in [2.24, 2.45) is 0 Å². The van der Waals surface area contributed by atoms with Crippen LogP contribution in [-0.4, -0.2) is 0 Å². The van der Waals surface area contributed by atoms with Crippen molar-refractivity contribution in [3.63, 3.8) is 0 Å². The van der Waals surface area contributed by atoms with E-state index in [1.807, 2.05) is 0 Å². The van der Waals surface area contributed by atoms with Gasteiger partial charge >= 0.3 is 6.18 Å². The Morgan fingerprint density at radius 2 is 1.50 bits per heavy atom. The first kappa shape index (κ1) is 12.5. The van der Waals surface area contributed by atoms with Crippen LogP contribution in [0.25, 0.3) is 11.1 Å². The maximum Gasteiger partial charge on any atom is 0.416 e. The molecular formula is C13H7F5. The molecule has 0 aliphatic heterocycles. The first-order chi connectivity index (χ1) is 8.39. The van der Waals surface area contributed by atoms with Crippen molar-refractivity contribution >= 4 is 0 Å². The summed E-state index contributed by atoms with van der Waals surface area (Å²) in [7, 11) is 0. The van der Waals surface area contributed by atoms with Gasteiger partial charge in [-0.3, -0.25) is 0 Å². The van der Waals surface area contributed by atoms with Crippen molar-refractivity contribution in [3.05, 3.63) is 59.7 Å². The Morgan fingerprint density at radius 1 is 0.833 bits per heavy atom. The van der Waals surface area contributed by atoms with Crippen molar-refractivity contribution < 1.29 is 22.0 Å². The molecule has 0 aliphatic carbocycles. The summed E-state index contributed by atoms with van der Waals surface area (Å²) in [6.45, 7) is 0. The van der Waals surface area contributed by atoms with Gasteiger partial charge in [0, 0.05) is 5.56 Å². The molecule has 0 saturated heterocycles. The summed E-state index contributed by atoms with van der Waals surface area (Å²) in [5.74, 6) is -2.25. The lowest BCUT2D eigenvalue weighted by atomic mass is 10.0. The van der Waals surface area contributed by atoms with E-state index in [-0.39, 0.29) is 11.1 Å². The van der Waals surface area contributed by atoms with Gasteiger partial charge in [0.25, 0.3) is 0 Å². The number of hydrogen-bond donors (Lipinski definition) is 0. The highest BCUT2D eigenvalue weighted by atomic mass is 19.4. The predicted octanol–water partition coefficient (Wildman–Crippen LogP) is 4.65. The van der Waals surface area contributed by atoms with Crippen molar-refractivity contribution in [3.8, 4) is 11.1 Å². The highest BCUT2D eigenvalue weighted by Crippen LogP contribution is 2.33. The van der Waals surface area contributed by atoms with Crippen LogP contribution in [0, 0.1) is 11.6 Å². The van der Waals surface area contributed by atoms with Crippen LogP contribution in [0.15, 0.2) is 42.5 Å². The Labute approximate surface area is 99.7 Å². The van der Waals surface area contributed by atoms with Crippen LogP contribution in [0.5, 0.6) is 0 Å². The maximum atomic E-state index is 13.5. The summed E-state index contributed by atoms with van der Waals surface area (Å²) in [4.78, 5) is 0. The third-order valence-corrected chi connectivity index (χ3v) is 2.45. The summed E-state index contributed by atoms with van der Waals surface area (Å²) in [6, 6.07) is 7.50. The quantitative estimate of drug-likeness (QED) is 0.653. The standard InChI is InChI=1S/C13H7F5/c14-11-6-2-5-10(12(11)15)8-3-1-4-9(7-8)13(16,17)18/h1-7H. The molecule has 2 aromatic rings. The molecule has 2 aromatic carbocycles. The summed E-state index contributed by atoms with van der Waals surface area (Å²) < 4.78 is 63.9. The SMILES string of the molecule is Fc1cccc(-c2cccc(C(F)(F)F)c2)c1F. The summed E-state index contributed by atoms with van der Waals surface area (Å²) in [5, 5.41) is 0. The molecule has 2 rings (SSSR count). The molecule has 0 aliphatic rings. The first-order valence-electron chi connectivity index (χ1n) is 5.01. The summed E-state index contributed by atoms with van der Waals surface area (Å²) in [6.07, 6.45) is -4.51. The van der Waals surface area contributed by atoms with E-state index in [0.717, 1.165) is 24.3 Å². The second-order valence-corrected chi connectivity index (χ2v) is 3.68. The second-order valence-electron chi connectivity index (χ2n) is 3.68. The van der Waals surface area contributed by atoms with Crippen molar-refractivity contribution in [1.29, 1.82) is 0 Å². The van der Waals surface area contributed by atoms with E-state index in [4.69, 9.17) is 0 Å². The molecule has 0 amide bonds. The Balaban J connectivity index is 2.55. The molecule has 0 nitrogen and oxygen atoms in total. The van der Waals surface area contributed by atoms with E-state index in [2.05, 4.69) is 0 Å². The van der Waals surface area contributed by atoms with Gasteiger partial charge in [-0.05, 0) is 23.8 Å². The van der Waals surface area contributed by atoms with E-state index < -0.39 is 23.4 Å². The van der Waals surface area contributed by atoms with Crippen LogP contribution in [0.1, 0.15) is 5.56 Å². The van der Waals surface area contributed by atoms with Gasteiger partial charge < -0.3 is 0 Å². The predicted molar refractivity (Wildman–Crippen MR) is 56.8 cm³/mol. The van der Waals surface area contributed by atoms with Crippen molar-refractivity contribution in [2.45, 2.75) is 6.18 Å². The van der Waals surface area contributed by atoms with Crippen molar-refractivity contribution in [1.82, 2.24) is 0 Å². The third-order valence-electron chi connectivity index (χ3n) is 2.45. The molecule has 0 radical (unpaired) electrons. The average molecular weight is 258 g/mol. The highest BCUT2D eigenvalue weighted by Gasteiger charge is 2.30. The molecule has 0 spiro atoms. The third kappa shape index (κ3) is 2.34. The fourth-order valence-corrected chi connectivity index (χ4v) is 1.59. The van der Waals surface area contributed by atoms with Gasteiger partial charge in [-0.1, -0.05) is 24.3 Å². The monoisotopic (exact) mass is 258 g/mol. The molecular weight excluding hydrogens is 251 g/mol. The Hall–Kier alpha value is -1.91. The van der Waals surface area contributed by atoms with Crippen LogP contribution in [0.2, 0.25) is 0 Å². The number of alkyl halides is 3. The normalized spacial score (nSPS) is 11.6. The summed E-state index contributed by atoms with van der Waals surface area (Å²) >= 11 is 0. The fraction of sp³-hybridized carbons (Fsp3) is 0.0769. The van der Waals surface area contributed by atoms with Gasteiger partial charge in [-0.15, -0.1) is 0 Å². The number of halogens is 5. The van der Waals surface area contributed by atoms with Gasteiger partial charge in [0.15, 0.2) is 11.6 Å². The molecule has 0 heterocycles. The zero-order valence-corrected chi connectivity index (χ0v) is 8.93. The smallest absolute Gasteiger partial charge is 0.204 e. The molecule has 18 heavy (non-hydrogen) atoms. The average Bonchev–Trinajstić information content (AvgIpc) is 2.32. The van der Waals surface area contributed by atoms with E-state index in [0.29, 0.717) is 0 Å². The van der Waals surface area contributed by atoms with Crippen molar-refractivity contribution in [2.75, 3.05) is 0 Å². The molecule has 0 fully saturated rings. The molecule has 0 N–H and O–H groups in total. The molecule has 0 atom stereocenters. The van der Waals surface area contributed by atoms with Crippen LogP contribution in [0.4, 0.5) is 22.0 Å². The van der Waals surface area contributed by atoms with Crippen LogP contribution < -0.4 is 0 Å². The zero-order valence-electron chi connectivity index (χ0n) is 8.93. The lowest BCUT2D eigenvalue weighted by Crippen LogP contribution is -2.04. The molecule has 5 heteroatoms. The zero-order chi connectivity index (χ0) is 13.3. The van der Waals surface area contributed by atoms with Crippen LogP contribution in [-0.2, 0) is 6.18 Å². The van der Waals surface area contributed by atoms with Gasteiger partial charge in [0.1, 0.15) is 0 Å². The van der Waals surface area contributed by atoms with Gasteiger partial charge in [-0.25, -0.2) is 8.78 Å². The minimum absolute atomic E-state index is 0.0122. The lowest BCUT2D eigenvalue weighted by molar-refractivity contribution is -0.137. The van der Waals surface area contributed by atoms with E-state index in [9.17, 15) is 22.0 Å². The molecule has 94 valence electrons. The number of rotatable bonds is 1. The minimum Gasteiger partial charge on any atom is -0.204 e. The van der Waals surface area contributed by atoms with Crippen LogP contribution >= 0.6 is 0 Å². The topological polar surface area (TPSA) is 0 Å². The Morgan fingerprint density at radius 3 is 2.17 bits per heavy atom. The van der Waals surface area contributed by atoms with E-state index >= 15 is 0 Å². The molecule has 0 saturated carbocycles. The fourth-order valence-electron chi connectivity index (χ4n) is 1.59. The van der Waals surface area contributed by atoms with E-state index in [1.54, 1.807) is 0 Å². The minimum atomic E-state index is -4.51. The van der Waals surface area contributed by atoms with Crippen LogP contribution in [0.3, 0.4) is 0 Å². The second kappa shape index (κ2) is 4.40. The highest BCUT2D eigenvalue weighted by molar-refractivity contribution is 5.65. The maximum absolute atomic E-state index is 13.5. The first-order valence-corrected chi connectivity index (χ1v) is 5.01. The number of hydrogen-bond acceptors (Lipinski definition) is 0. The lowest BCUT2D eigenvalue weighted by Gasteiger charge is -2.09. The van der Waals surface area contributed by atoms with Gasteiger partial charge in [0.2, 0.25) is 0 Å². The Bertz CT molecular complexity index is 572. The summed E-state index contributed by atoms with van der Waals surface area (Å²) in [5.41, 5.74) is -1.11. The largest absolute Gasteiger partial charge is 0.416 e. The number of benzene rings is 2. The van der Waals surface area contributed by atoms with E-state index in [1.165, 1.54) is 18.2 Å². The van der Waals surface area contributed by atoms with Gasteiger partial charge in [0.05, 0.1) is 5.56 Å². The molecule has 0 unspecified atom stereocenters. The molecule has 0 aromatic heterocycles.